The van der Waals surface area contributed by atoms with Gasteiger partial charge in [-0.15, -0.1) is 0 Å². The lowest BCUT2D eigenvalue weighted by Gasteiger charge is -2.34. The van der Waals surface area contributed by atoms with Crippen LogP contribution in [-0.4, -0.2) is 66.1 Å². The Morgan fingerprint density at radius 1 is 1.00 bits per heavy atom. The molecular formula is C31H29ClN6O3. The van der Waals surface area contributed by atoms with Crippen LogP contribution in [-0.2, 0) is 4.79 Å². The van der Waals surface area contributed by atoms with E-state index in [1.54, 1.807) is 42.4 Å². The fourth-order valence-electron chi connectivity index (χ4n) is 5.59. The van der Waals surface area contributed by atoms with Crippen LogP contribution < -0.4 is 9.64 Å². The predicted molar refractivity (Wildman–Crippen MR) is 153 cm³/mol. The second-order valence-electron chi connectivity index (χ2n) is 10.4. The Morgan fingerprint density at radius 2 is 1.73 bits per heavy atom. The fourth-order valence-corrected chi connectivity index (χ4v) is 5.71. The number of ether oxygens (including phenoxy) is 1. The Hall–Kier alpha value is -4.60. The summed E-state index contributed by atoms with van der Waals surface area (Å²) in [6.07, 6.45) is 2.40. The van der Waals surface area contributed by atoms with Crippen LogP contribution in [0.5, 0.6) is 5.75 Å². The van der Waals surface area contributed by atoms with Crippen molar-refractivity contribution in [2.45, 2.75) is 24.8 Å². The van der Waals surface area contributed by atoms with Crippen molar-refractivity contribution in [2.75, 3.05) is 38.1 Å². The average molecular weight is 569 g/mol. The SMILES string of the molecule is CN(C(=O)Oc1cccc(C#N)c1)[C@@H]1CN(C(=O)C2CCN(c3ccc(C#N)cn3)CC2)C[C@H]1c1ccc(Cl)cc1. The van der Waals surface area contributed by atoms with Crippen molar-refractivity contribution in [3.8, 4) is 17.9 Å². The highest BCUT2D eigenvalue weighted by Gasteiger charge is 2.42. The van der Waals surface area contributed by atoms with Gasteiger partial charge in [-0.1, -0.05) is 29.8 Å². The lowest BCUT2D eigenvalue weighted by molar-refractivity contribution is -0.135. The number of carbonyl (C=O) groups is 2. The summed E-state index contributed by atoms with van der Waals surface area (Å²) in [6.45, 7) is 2.25. The molecule has 9 nitrogen and oxygen atoms in total. The van der Waals surface area contributed by atoms with Gasteiger partial charge in [0.25, 0.3) is 0 Å². The lowest BCUT2D eigenvalue weighted by Crippen LogP contribution is -2.45. The molecular weight excluding hydrogens is 540 g/mol. The first kappa shape index (κ1) is 27.9. The van der Waals surface area contributed by atoms with E-state index in [9.17, 15) is 14.9 Å². The summed E-state index contributed by atoms with van der Waals surface area (Å²) in [5.41, 5.74) is 1.90. The van der Waals surface area contributed by atoms with E-state index in [2.05, 4.69) is 16.0 Å². The molecule has 0 saturated carbocycles. The second-order valence-corrected chi connectivity index (χ2v) is 10.8. The third kappa shape index (κ3) is 6.26. The second kappa shape index (κ2) is 12.3. The number of anilines is 1. The van der Waals surface area contributed by atoms with Gasteiger partial charge in [-0.3, -0.25) is 4.79 Å². The lowest BCUT2D eigenvalue weighted by atomic mass is 9.93. The van der Waals surface area contributed by atoms with Crippen molar-refractivity contribution in [3.63, 3.8) is 0 Å². The summed E-state index contributed by atoms with van der Waals surface area (Å²) in [5, 5.41) is 18.8. The molecule has 10 heteroatoms. The van der Waals surface area contributed by atoms with Gasteiger partial charge in [-0.2, -0.15) is 10.5 Å². The summed E-state index contributed by atoms with van der Waals surface area (Å²) >= 11 is 6.14. The summed E-state index contributed by atoms with van der Waals surface area (Å²) in [7, 11) is 1.68. The number of nitrogens with zero attached hydrogens (tertiary/aromatic N) is 6. The van der Waals surface area contributed by atoms with Gasteiger partial charge in [0, 0.05) is 56.3 Å². The molecule has 2 fully saturated rings. The van der Waals surface area contributed by atoms with Crippen LogP contribution in [0.3, 0.4) is 0 Å². The van der Waals surface area contributed by atoms with Gasteiger partial charge in [0.15, 0.2) is 0 Å². The number of aromatic nitrogens is 1. The van der Waals surface area contributed by atoms with E-state index in [4.69, 9.17) is 21.6 Å². The van der Waals surface area contributed by atoms with E-state index in [0.29, 0.717) is 60.9 Å². The van der Waals surface area contributed by atoms with E-state index in [1.165, 1.54) is 6.07 Å². The Bertz CT molecular complexity index is 1490. The van der Waals surface area contributed by atoms with E-state index in [0.717, 1.165) is 11.4 Å². The third-order valence-corrected chi connectivity index (χ3v) is 8.15. The van der Waals surface area contributed by atoms with Crippen LogP contribution in [0.15, 0.2) is 66.9 Å². The van der Waals surface area contributed by atoms with Gasteiger partial charge in [0.05, 0.1) is 23.2 Å². The number of benzene rings is 2. The molecule has 0 spiro atoms. The molecule has 3 heterocycles. The van der Waals surface area contributed by atoms with Crippen LogP contribution in [0, 0.1) is 28.6 Å². The highest BCUT2D eigenvalue weighted by Crippen LogP contribution is 2.34. The van der Waals surface area contributed by atoms with Crippen molar-refractivity contribution in [3.05, 3.63) is 88.6 Å². The molecule has 2 atom stereocenters. The first-order chi connectivity index (χ1) is 19.9. The maximum atomic E-state index is 13.7. The normalized spacial score (nSPS) is 18.8. The molecule has 0 unspecified atom stereocenters. The number of rotatable bonds is 5. The smallest absolute Gasteiger partial charge is 0.410 e. The molecule has 2 saturated heterocycles. The van der Waals surface area contributed by atoms with Crippen LogP contribution >= 0.6 is 11.6 Å². The van der Waals surface area contributed by atoms with Crippen LogP contribution in [0.25, 0.3) is 0 Å². The largest absolute Gasteiger partial charge is 0.415 e. The van der Waals surface area contributed by atoms with Gasteiger partial charge in [-0.25, -0.2) is 9.78 Å². The van der Waals surface area contributed by atoms with Gasteiger partial charge in [0.2, 0.25) is 5.91 Å². The van der Waals surface area contributed by atoms with E-state index >= 15 is 0 Å². The minimum atomic E-state index is -0.554. The van der Waals surface area contributed by atoms with E-state index in [-0.39, 0.29) is 23.8 Å². The molecule has 2 aliphatic heterocycles. The number of halogens is 1. The number of hydrogen-bond acceptors (Lipinski definition) is 7. The third-order valence-electron chi connectivity index (χ3n) is 7.90. The Balaban J connectivity index is 1.28. The number of pyridine rings is 1. The van der Waals surface area contributed by atoms with Crippen molar-refractivity contribution in [2.24, 2.45) is 5.92 Å². The summed E-state index contributed by atoms with van der Waals surface area (Å²) in [5.74, 6) is 0.933. The summed E-state index contributed by atoms with van der Waals surface area (Å²) in [4.78, 5) is 36.9. The summed E-state index contributed by atoms with van der Waals surface area (Å²) < 4.78 is 5.60. The maximum Gasteiger partial charge on any atom is 0.415 e. The van der Waals surface area contributed by atoms with Crippen molar-refractivity contribution < 1.29 is 14.3 Å². The van der Waals surface area contributed by atoms with E-state index < -0.39 is 6.09 Å². The molecule has 2 amide bonds. The zero-order chi connectivity index (χ0) is 28.9. The first-order valence-electron chi connectivity index (χ1n) is 13.5. The van der Waals surface area contributed by atoms with Crippen LogP contribution in [0.4, 0.5) is 10.6 Å². The molecule has 1 aromatic heterocycles. The standard InChI is InChI=1S/C31H29ClN6O3/c1-36(31(40)41-26-4-2-3-21(15-26)16-33)28-20-38(19-27(28)23-6-8-25(32)9-7-23)30(39)24-11-13-37(14-12-24)29-10-5-22(17-34)18-35-29/h2-10,15,18,24,27-28H,11-14,19-20H2,1H3/t27-,28+/m0/s1. The quantitative estimate of drug-likeness (QED) is 0.433. The number of piperidine rings is 1. The fraction of sp³-hybridized carbons (Fsp3) is 0.323. The number of likely N-dealkylation sites (N-methyl/N-ethyl adjacent to an activating group) is 1. The Morgan fingerprint density at radius 3 is 2.39 bits per heavy atom. The Kier molecular flexibility index (Phi) is 8.37. The van der Waals surface area contributed by atoms with E-state index in [1.807, 2.05) is 41.3 Å². The molecule has 3 aromatic rings. The average Bonchev–Trinajstić information content (AvgIpc) is 3.46. The van der Waals surface area contributed by atoms with Gasteiger partial charge < -0.3 is 19.4 Å². The molecule has 2 aliphatic rings. The minimum absolute atomic E-state index is 0.0855. The summed E-state index contributed by atoms with van der Waals surface area (Å²) in [6, 6.07) is 21.4. The zero-order valence-electron chi connectivity index (χ0n) is 22.6. The maximum absolute atomic E-state index is 13.7. The first-order valence-corrected chi connectivity index (χ1v) is 13.8. The van der Waals surface area contributed by atoms with Crippen molar-refractivity contribution in [1.82, 2.24) is 14.8 Å². The van der Waals surface area contributed by atoms with Crippen LogP contribution in [0.2, 0.25) is 5.02 Å². The number of likely N-dealkylation sites (tertiary alicyclic amines) is 1. The minimum Gasteiger partial charge on any atom is -0.410 e. The molecule has 208 valence electrons. The van der Waals surface area contributed by atoms with Gasteiger partial charge in [0.1, 0.15) is 17.6 Å². The highest BCUT2D eigenvalue weighted by molar-refractivity contribution is 6.30. The molecule has 0 N–H and O–H groups in total. The zero-order valence-corrected chi connectivity index (χ0v) is 23.4. The molecule has 0 radical (unpaired) electrons. The predicted octanol–water partition coefficient (Wildman–Crippen LogP) is 4.82. The molecule has 0 bridgehead atoms. The van der Waals surface area contributed by atoms with Gasteiger partial charge in [-0.05, 0) is 60.9 Å². The topological polar surface area (TPSA) is 114 Å². The molecule has 2 aromatic carbocycles. The van der Waals surface area contributed by atoms with Crippen LogP contribution in [0.1, 0.15) is 35.4 Å². The highest BCUT2D eigenvalue weighted by atomic mass is 35.5. The molecule has 0 aliphatic carbocycles. The van der Waals surface area contributed by atoms with Crippen molar-refractivity contribution in [1.29, 1.82) is 10.5 Å². The number of nitriles is 2. The monoisotopic (exact) mass is 568 g/mol. The van der Waals surface area contributed by atoms with Crippen molar-refractivity contribution >= 4 is 29.4 Å². The Labute approximate surface area is 244 Å². The molecule has 5 rings (SSSR count). The number of carbonyl (C=O) groups excluding carboxylic acids is 2. The number of amides is 2. The van der Waals surface area contributed by atoms with Gasteiger partial charge >= 0.3 is 6.09 Å². The molecule has 41 heavy (non-hydrogen) atoms. The number of hydrogen-bond donors (Lipinski definition) is 0.